The molecule has 4 rings (SSSR count). The van der Waals surface area contributed by atoms with Gasteiger partial charge < -0.3 is 14.4 Å². The number of rotatable bonds is 4. The van der Waals surface area contributed by atoms with Crippen molar-refractivity contribution in [3.63, 3.8) is 0 Å². The maximum atomic E-state index is 12.8. The summed E-state index contributed by atoms with van der Waals surface area (Å²) in [6.07, 6.45) is 6.94. The van der Waals surface area contributed by atoms with Crippen LogP contribution in [0.5, 0.6) is 5.88 Å². The predicted octanol–water partition coefficient (Wildman–Crippen LogP) is 2.18. The van der Waals surface area contributed by atoms with Crippen LogP contribution >= 0.6 is 0 Å². The lowest BCUT2D eigenvalue weighted by Crippen LogP contribution is -2.51. The van der Waals surface area contributed by atoms with Gasteiger partial charge in [0.15, 0.2) is 0 Å². The molecule has 0 radical (unpaired) electrons. The molecule has 2 fully saturated rings. The van der Waals surface area contributed by atoms with Crippen molar-refractivity contribution < 1.29 is 14.3 Å². The predicted molar refractivity (Wildman–Crippen MR) is 91.3 cm³/mol. The third-order valence-electron chi connectivity index (χ3n) is 4.93. The van der Waals surface area contributed by atoms with Gasteiger partial charge in [0.05, 0.1) is 25.4 Å². The summed E-state index contributed by atoms with van der Waals surface area (Å²) in [5.74, 6) is 1.07. The van der Waals surface area contributed by atoms with Crippen molar-refractivity contribution in [2.24, 2.45) is 5.92 Å². The second-order valence-electron chi connectivity index (χ2n) is 6.53. The third kappa shape index (κ3) is 3.49. The van der Waals surface area contributed by atoms with Crippen molar-refractivity contribution in [1.29, 1.82) is 0 Å². The molecule has 1 aliphatic heterocycles. The van der Waals surface area contributed by atoms with Crippen molar-refractivity contribution in [1.82, 2.24) is 14.9 Å². The first-order valence-electron chi connectivity index (χ1n) is 8.67. The molecule has 0 spiro atoms. The van der Waals surface area contributed by atoms with Gasteiger partial charge in [0.2, 0.25) is 5.88 Å². The number of pyridine rings is 2. The zero-order chi connectivity index (χ0) is 17.1. The van der Waals surface area contributed by atoms with Gasteiger partial charge in [-0.25, -0.2) is 4.98 Å². The summed E-state index contributed by atoms with van der Waals surface area (Å²) < 4.78 is 11.7. The topological polar surface area (TPSA) is 64.6 Å². The average Bonchev–Trinajstić information content (AvgIpc) is 3.10. The first-order valence-corrected chi connectivity index (χ1v) is 8.67. The first kappa shape index (κ1) is 16.0. The normalized spacial score (nSPS) is 25.4. The van der Waals surface area contributed by atoms with E-state index in [1.165, 1.54) is 0 Å². The number of amides is 1. The van der Waals surface area contributed by atoms with Gasteiger partial charge in [0.1, 0.15) is 0 Å². The second-order valence-corrected chi connectivity index (χ2v) is 6.53. The zero-order valence-electron chi connectivity index (χ0n) is 14.0. The van der Waals surface area contributed by atoms with Gasteiger partial charge in [0.25, 0.3) is 5.91 Å². The number of aromatic nitrogens is 2. The fourth-order valence-electron chi connectivity index (χ4n) is 3.73. The van der Waals surface area contributed by atoms with Crippen LogP contribution in [0.3, 0.4) is 0 Å². The summed E-state index contributed by atoms with van der Waals surface area (Å²) in [5.41, 5.74) is 0.684. The maximum absolute atomic E-state index is 12.8. The lowest BCUT2D eigenvalue weighted by Gasteiger charge is -2.37. The molecule has 2 aromatic heterocycles. The number of carbonyl (C=O) groups is 1. The van der Waals surface area contributed by atoms with Crippen molar-refractivity contribution in [3.05, 3.63) is 54.5 Å². The van der Waals surface area contributed by atoms with Crippen molar-refractivity contribution in [2.75, 3.05) is 19.8 Å². The molecule has 0 N–H and O–H groups in total. The van der Waals surface area contributed by atoms with Crippen LogP contribution in [-0.4, -0.2) is 52.7 Å². The van der Waals surface area contributed by atoms with Crippen molar-refractivity contribution >= 4 is 5.91 Å². The molecule has 3 atom stereocenters. The fraction of sp³-hybridized carbons (Fsp3) is 0.421. The summed E-state index contributed by atoms with van der Waals surface area (Å²) in [4.78, 5) is 23.0. The van der Waals surface area contributed by atoms with E-state index in [0.717, 1.165) is 12.8 Å². The molecule has 25 heavy (non-hydrogen) atoms. The van der Waals surface area contributed by atoms with E-state index in [2.05, 4.69) is 9.97 Å². The molecular weight excluding hydrogens is 318 g/mol. The number of fused-ring (bicyclic) bond motifs is 1. The SMILES string of the molecule is O=C(c1ccncc1)N1CCO[C@@H]2C[C@@H](COc3ccccn3)C[C@H]21. The highest BCUT2D eigenvalue weighted by molar-refractivity contribution is 5.94. The Morgan fingerprint density at radius 3 is 2.88 bits per heavy atom. The smallest absolute Gasteiger partial charge is 0.254 e. The Labute approximate surface area is 146 Å². The summed E-state index contributed by atoms with van der Waals surface area (Å²) >= 11 is 0. The molecular formula is C19H21N3O3. The number of ether oxygens (including phenoxy) is 2. The van der Waals surface area contributed by atoms with E-state index in [1.807, 2.05) is 23.1 Å². The van der Waals surface area contributed by atoms with E-state index in [9.17, 15) is 4.79 Å². The Hall–Kier alpha value is -2.47. The summed E-state index contributed by atoms with van der Waals surface area (Å²) in [7, 11) is 0. The van der Waals surface area contributed by atoms with Crippen LogP contribution in [-0.2, 0) is 4.74 Å². The van der Waals surface area contributed by atoms with Gasteiger partial charge in [-0.05, 0) is 37.0 Å². The Morgan fingerprint density at radius 1 is 1.20 bits per heavy atom. The van der Waals surface area contributed by atoms with E-state index in [0.29, 0.717) is 37.1 Å². The number of nitrogens with zero attached hydrogens (tertiary/aromatic N) is 3. The summed E-state index contributed by atoms with van der Waals surface area (Å²) in [5, 5.41) is 0. The monoisotopic (exact) mass is 339 g/mol. The molecule has 3 heterocycles. The van der Waals surface area contributed by atoms with Gasteiger partial charge in [0, 0.05) is 36.8 Å². The van der Waals surface area contributed by atoms with Crippen LogP contribution < -0.4 is 4.74 Å². The van der Waals surface area contributed by atoms with E-state index >= 15 is 0 Å². The highest BCUT2D eigenvalue weighted by Gasteiger charge is 2.43. The van der Waals surface area contributed by atoms with Gasteiger partial charge in [-0.15, -0.1) is 0 Å². The fourth-order valence-corrected chi connectivity index (χ4v) is 3.73. The Morgan fingerprint density at radius 2 is 2.08 bits per heavy atom. The minimum absolute atomic E-state index is 0.0620. The molecule has 0 unspecified atom stereocenters. The van der Waals surface area contributed by atoms with Crippen LogP contribution in [0, 0.1) is 5.92 Å². The number of carbonyl (C=O) groups excluding carboxylic acids is 1. The van der Waals surface area contributed by atoms with Gasteiger partial charge >= 0.3 is 0 Å². The number of hydrogen-bond donors (Lipinski definition) is 0. The highest BCUT2D eigenvalue weighted by atomic mass is 16.5. The highest BCUT2D eigenvalue weighted by Crippen LogP contribution is 2.35. The van der Waals surface area contributed by atoms with Crippen LogP contribution in [0.25, 0.3) is 0 Å². The largest absolute Gasteiger partial charge is 0.477 e. The molecule has 6 heteroatoms. The molecule has 6 nitrogen and oxygen atoms in total. The lowest BCUT2D eigenvalue weighted by molar-refractivity contribution is -0.0448. The molecule has 1 aliphatic carbocycles. The Kier molecular flexibility index (Phi) is 4.61. The number of hydrogen-bond acceptors (Lipinski definition) is 5. The Balaban J connectivity index is 1.41. The van der Waals surface area contributed by atoms with Crippen molar-refractivity contribution in [3.8, 4) is 5.88 Å². The molecule has 0 aromatic carbocycles. The second kappa shape index (κ2) is 7.19. The molecule has 1 saturated carbocycles. The molecule has 1 saturated heterocycles. The third-order valence-corrected chi connectivity index (χ3v) is 4.93. The molecule has 1 amide bonds. The first-order chi connectivity index (χ1) is 12.3. The quantitative estimate of drug-likeness (QED) is 0.854. The maximum Gasteiger partial charge on any atom is 0.254 e. The van der Waals surface area contributed by atoms with Crippen LogP contribution in [0.15, 0.2) is 48.9 Å². The van der Waals surface area contributed by atoms with Crippen molar-refractivity contribution in [2.45, 2.75) is 25.0 Å². The van der Waals surface area contributed by atoms with Gasteiger partial charge in [-0.2, -0.15) is 0 Å². The van der Waals surface area contributed by atoms with Crippen LogP contribution in [0.4, 0.5) is 0 Å². The lowest BCUT2D eigenvalue weighted by atomic mass is 10.1. The molecule has 2 aliphatic rings. The van der Waals surface area contributed by atoms with E-state index < -0.39 is 0 Å². The average molecular weight is 339 g/mol. The van der Waals surface area contributed by atoms with E-state index in [4.69, 9.17) is 9.47 Å². The van der Waals surface area contributed by atoms with Gasteiger partial charge in [-0.1, -0.05) is 6.07 Å². The summed E-state index contributed by atoms with van der Waals surface area (Å²) in [6.45, 7) is 1.83. The van der Waals surface area contributed by atoms with Crippen LogP contribution in [0.1, 0.15) is 23.2 Å². The van der Waals surface area contributed by atoms with E-state index in [1.54, 1.807) is 30.7 Å². The van der Waals surface area contributed by atoms with E-state index in [-0.39, 0.29) is 18.1 Å². The minimum Gasteiger partial charge on any atom is -0.477 e. The zero-order valence-corrected chi connectivity index (χ0v) is 14.0. The number of morpholine rings is 1. The molecule has 130 valence electrons. The van der Waals surface area contributed by atoms with Gasteiger partial charge in [-0.3, -0.25) is 9.78 Å². The molecule has 0 bridgehead atoms. The summed E-state index contributed by atoms with van der Waals surface area (Å²) in [6, 6.07) is 9.29. The van der Waals surface area contributed by atoms with Crippen LogP contribution in [0.2, 0.25) is 0 Å². The standard InChI is InChI=1S/C19H21N3O3/c23-19(15-4-7-20-8-5-15)22-9-10-24-17-12-14(11-16(17)22)13-25-18-3-1-2-6-21-18/h1-8,14,16-17H,9-13H2/t14-,16+,17+/m0/s1. The Bertz CT molecular complexity index is 710. The molecule has 2 aromatic rings. The minimum atomic E-state index is 0.0620.